The van der Waals surface area contributed by atoms with Gasteiger partial charge in [0.2, 0.25) is 0 Å². The summed E-state index contributed by atoms with van der Waals surface area (Å²) in [6.07, 6.45) is -0.183. The first-order valence-electron chi connectivity index (χ1n) is 12.2. The number of aliphatic carboxylic acids is 1. The number of amides is 1. The van der Waals surface area contributed by atoms with Gasteiger partial charge in [-0.05, 0) is 73.5 Å². The van der Waals surface area contributed by atoms with Crippen molar-refractivity contribution in [3.8, 4) is 5.75 Å². The Labute approximate surface area is 221 Å². The van der Waals surface area contributed by atoms with Crippen LogP contribution in [-0.4, -0.2) is 48.1 Å². The highest BCUT2D eigenvalue weighted by Crippen LogP contribution is 2.42. The van der Waals surface area contributed by atoms with E-state index in [1.807, 2.05) is 57.1 Å². The number of carbonyl (C=O) groups excluding carboxylic acids is 2. The number of ketones is 1. The Morgan fingerprint density at radius 1 is 0.921 bits per heavy atom. The third-order valence-electron chi connectivity index (χ3n) is 6.24. The van der Waals surface area contributed by atoms with E-state index in [1.54, 1.807) is 48.5 Å². The van der Waals surface area contributed by atoms with Crippen LogP contribution in [0.4, 0.5) is 11.4 Å². The third kappa shape index (κ3) is 5.39. The van der Waals surface area contributed by atoms with E-state index in [9.17, 15) is 19.5 Å². The Balaban J connectivity index is 1.83. The molecule has 1 aliphatic heterocycles. The summed E-state index contributed by atoms with van der Waals surface area (Å²) in [5.74, 6) is -2.22. The van der Waals surface area contributed by atoms with E-state index in [4.69, 9.17) is 9.84 Å². The van der Waals surface area contributed by atoms with Crippen LogP contribution in [-0.2, 0) is 20.8 Å². The zero-order chi connectivity index (χ0) is 27.6. The van der Waals surface area contributed by atoms with E-state index in [-0.39, 0.29) is 23.9 Å². The zero-order valence-corrected chi connectivity index (χ0v) is 21.7. The summed E-state index contributed by atoms with van der Waals surface area (Å²) in [7, 11) is 3.82. The first-order chi connectivity index (χ1) is 18.1. The highest BCUT2D eigenvalue weighted by atomic mass is 16.5. The summed E-state index contributed by atoms with van der Waals surface area (Å²) >= 11 is 0. The maximum absolute atomic E-state index is 13.4. The SMILES string of the molecule is CC(C)Oc1ccc(/C(O)=C2/C(=O)C(=O)N(c3ccc(CC(=O)O)cc3)C2c2ccc(N(C)C)cc2)cc1. The molecular formula is C30H30N2O6. The molecule has 4 rings (SSSR count). The summed E-state index contributed by atoms with van der Waals surface area (Å²) in [6, 6.07) is 19.7. The van der Waals surface area contributed by atoms with Gasteiger partial charge in [0.15, 0.2) is 0 Å². The van der Waals surface area contributed by atoms with Crippen molar-refractivity contribution in [2.75, 3.05) is 23.9 Å². The second kappa shape index (κ2) is 10.8. The number of aliphatic hydroxyl groups excluding tert-OH is 1. The van der Waals surface area contributed by atoms with Crippen molar-refractivity contribution in [3.63, 3.8) is 0 Å². The monoisotopic (exact) mass is 514 g/mol. The van der Waals surface area contributed by atoms with Crippen molar-refractivity contribution in [1.29, 1.82) is 0 Å². The fraction of sp³-hybridized carbons (Fsp3) is 0.233. The lowest BCUT2D eigenvalue weighted by molar-refractivity contribution is -0.136. The van der Waals surface area contributed by atoms with Crippen LogP contribution in [0.3, 0.4) is 0 Å². The quantitative estimate of drug-likeness (QED) is 0.253. The van der Waals surface area contributed by atoms with Gasteiger partial charge in [-0.15, -0.1) is 0 Å². The fourth-order valence-electron chi connectivity index (χ4n) is 4.44. The molecule has 38 heavy (non-hydrogen) atoms. The topological polar surface area (TPSA) is 107 Å². The first-order valence-corrected chi connectivity index (χ1v) is 12.2. The van der Waals surface area contributed by atoms with Gasteiger partial charge in [-0.1, -0.05) is 24.3 Å². The Bertz CT molecular complexity index is 1370. The van der Waals surface area contributed by atoms with Crippen molar-refractivity contribution in [2.45, 2.75) is 32.4 Å². The number of carboxylic acids is 1. The molecule has 0 saturated carbocycles. The molecule has 1 atom stereocenters. The number of ether oxygens (including phenoxy) is 1. The van der Waals surface area contributed by atoms with Crippen LogP contribution < -0.4 is 14.5 Å². The lowest BCUT2D eigenvalue weighted by atomic mass is 9.94. The third-order valence-corrected chi connectivity index (χ3v) is 6.24. The van der Waals surface area contributed by atoms with Gasteiger partial charge in [0.05, 0.1) is 24.1 Å². The van der Waals surface area contributed by atoms with Gasteiger partial charge in [0.25, 0.3) is 11.7 Å². The number of Topliss-reactive ketones (excluding diaryl/α,β-unsaturated/α-hetero) is 1. The van der Waals surface area contributed by atoms with Crippen molar-refractivity contribution in [2.24, 2.45) is 0 Å². The van der Waals surface area contributed by atoms with E-state index >= 15 is 0 Å². The molecule has 3 aromatic carbocycles. The number of carbonyl (C=O) groups is 3. The maximum Gasteiger partial charge on any atom is 0.307 e. The molecule has 0 aromatic heterocycles. The highest BCUT2D eigenvalue weighted by Gasteiger charge is 2.47. The Morgan fingerprint density at radius 2 is 1.53 bits per heavy atom. The summed E-state index contributed by atoms with van der Waals surface area (Å²) in [5.41, 5.74) is 2.91. The van der Waals surface area contributed by atoms with E-state index in [2.05, 4.69) is 0 Å². The molecule has 1 saturated heterocycles. The van der Waals surface area contributed by atoms with Crippen LogP contribution >= 0.6 is 0 Å². The van der Waals surface area contributed by atoms with Crippen molar-refractivity contribution in [1.82, 2.24) is 0 Å². The number of hydrogen-bond acceptors (Lipinski definition) is 6. The minimum absolute atomic E-state index is 0.0215. The number of benzene rings is 3. The molecule has 3 aromatic rings. The number of aliphatic hydroxyl groups is 1. The largest absolute Gasteiger partial charge is 0.507 e. The van der Waals surface area contributed by atoms with Gasteiger partial charge in [0, 0.05) is 31.0 Å². The standard InChI is InChI=1S/C30H30N2O6/c1-18(2)38-24-15-9-21(10-16-24)28(35)26-27(20-7-13-22(14-8-20)31(3)4)32(30(37)29(26)36)23-11-5-19(6-12-23)17-25(33)34/h5-16,18,27,35H,17H2,1-4H3,(H,33,34)/b28-26-. The van der Waals surface area contributed by atoms with Crippen LogP contribution in [0.2, 0.25) is 0 Å². The first kappa shape index (κ1) is 26.5. The number of rotatable bonds is 8. The van der Waals surface area contributed by atoms with E-state index in [0.717, 1.165) is 5.69 Å². The molecule has 0 bridgehead atoms. The van der Waals surface area contributed by atoms with Crippen LogP contribution in [0.1, 0.15) is 36.6 Å². The minimum atomic E-state index is -0.969. The van der Waals surface area contributed by atoms with Crippen LogP contribution in [0.15, 0.2) is 78.4 Å². The minimum Gasteiger partial charge on any atom is -0.507 e. The van der Waals surface area contributed by atoms with Gasteiger partial charge in [-0.25, -0.2) is 0 Å². The highest BCUT2D eigenvalue weighted by molar-refractivity contribution is 6.51. The zero-order valence-electron chi connectivity index (χ0n) is 21.7. The molecule has 2 N–H and O–H groups in total. The van der Waals surface area contributed by atoms with Gasteiger partial charge in [0.1, 0.15) is 11.5 Å². The van der Waals surface area contributed by atoms with Gasteiger partial charge in [-0.2, -0.15) is 0 Å². The number of carboxylic acid groups (broad SMARTS) is 1. The molecule has 1 amide bonds. The molecule has 0 spiro atoms. The fourth-order valence-corrected chi connectivity index (χ4v) is 4.44. The van der Waals surface area contributed by atoms with E-state index < -0.39 is 23.7 Å². The molecule has 0 radical (unpaired) electrons. The second-order valence-electron chi connectivity index (χ2n) is 9.58. The maximum atomic E-state index is 13.4. The predicted octanol–water partition coefficient (Wildman–Crippen LogP) is 4.79. The lowest BCUT2D eigenvalue weighted by Crippen LogP contribution is -2.29. The Kier molecular flexibility index (Phi) is 7.52. The summed E-state index contributed by atoms with van der Waals surface area (Å²) < 4.78 is 5.67. The van der Waals surface area contributed by atoms with Crippen molar-refractivity contribution >= 4 is 34.8 Å². The molecule has 1 fully saturated rings. The van der Waals surface area contributed by atoms with Crippen molar-refractivity contribution in [3.05, 3.63) is 95.1 Å². The summed E-state index contributed by atoms with van der Waals surface area (Å²) in [4.78, 5) is 41.1. The van der Waals surface area contributed by atoms with Crippen molar-refractivity contribution < 1.29 is 29.3 Å². The Hall–Kier alpha value is -4.59. The van der Waals surface area contributed by atoms with Crippen LogP contribution in [0.5, 0.6) is 5.75 Å². The number of anilines is 2. The van der Waals surface area contributed by atoms with Gasteiger partial charge >= 0.3 is 5.97 Å². The van der Waals surface area contributed by atoms with Gasteiger partial charge < -0.3 is 19.8 Å². The molecule has 1 unspecified atom stereocenters. The Morgan fingerprint density at radius 3 is 2.05 bits per heavy atom. The molecule has 1 aliphatic rings. The lowest BCUT2D eigenvalue weighted by Gasteiger charge is -2.26. The second-order valence-corrected chi connectivity index (χ2v) is 9.58. The average molecular weight is 515 g/mol. The van der Waals surface area contributed by atoms with Gasteiger partial charge in [-0.3, -0.25) is 19.3 Å². The summed E-state index contributed by atoms with van der Waals surface area (Å²) in [6.45, 7) is 3.82. The molecular weight excluding hydrogens is 484 g/mol. The number of hydrogen-bond donors (Lipinski definition) is 2. The smallest absolute Gasteiger partial charge is 0.307 e. The molecule has 8 heteroatoms. The molecule has 8 nitrogen and oxygen atoms in total. The molecule has 0 aliphatic carbocycles. The molecule has 1 heterocycles. The van der Waals surface area contributed by atoms with E-state index in [1.165, 1.54) is 4.90 Å². The predicted molar refractivity (Wildman–Crippen MR) is 146 cm³/mol. The van der Waals surface area contributed by atoms with Crippen LogP contribution in [0.25, 0.3) is 5.76 Å². The number of nitrogens with zero attached hydrogens (tertiary/aromatic N) is 2. The summed E-state index contributed by atoms with van der Waals surface area (Å²) in [5, 5.41) is 20.4. The van der Waals surface area contributed by atoms with E-state index in [0.29, 0.717) is 28.1 Å². The normalized spacial score (nSPS) is 16.7. The van der Waals surface area contributed by atoms with Crippen LogP contribution in [0, 0.1) is 0 Å². The molecule has 196 valence electrons. The average Bonchev–Trinajstić information content (AvgIpc) is 3.14.